The normalized spacial score (nSPS) is 20.2. The molecule has 2 atom stereocenters. The number of hydrogen-bond donors (Lipinski definition) is 0. The molecular formula is C26H25F2N3O. The number of nitrogens with zero attached hydrogens (tertiary/aromatic N) is 3. The van der Waals surface area contributed by atoms with Crippen LogP contribution < -0.4 is 5.43 Å². The number of benzene rings is 2. The Bertz CT molecular complexity index is 1210. The molecule has 1 fully saturated rings. The van der Waals surface area contributed by atoms with Crippen molar-refractivity contribution in [2.24, 2.45) is 0 Å². The largest absolute Gasteiger partial charge is 0.365 e. The lowest BCUT2D eigenvalue weighted by Crippen LogP contribution is -2.51. The van der Waals surface area contributed by atoms with E-state index in [0.29, 0.717) is 11.3 Å². The average molecular weight is 434 g/mol. The highest BCUT2D eigenvalue weighted by molar-refractivity contribution is 5.64. The maximum Gasteiger partial charge on any atom is 0.203 e. The van der Waals surface area contributed by atoms with Crippen molar-refractivity contribution in [2.75, 3.05) is 6.54 Å². The van der Waals surface area contributed by atoms with Crippen LogP contribution in [-0.2, 0) is 0 Å². The zero-order valence-electron chi connectivity index (χ0n) is 18.0. The molecule has 0 amide bonds. The summed E-state index contributed by atoms with van der Waals surface area (Å²) in [7, 11) is 0. The van der Waals surface area contributed by atoms with Crippen LogP contribution in [0.3, 0.4) is 0 Å². The fourth-order valence-electron chi connectivity index (χ4n) is 5.43. The molecule has 4 nitrogen and oxygen atoms in total. The summed E-state index contributed by atoms with van der Waals surface area (Å²) in [6, 6.07) is 12.8. The van der Waals surface area contributed by atoms with E-state index < -0.39 is 0 Å². The summed E-state index contributed by atoms with van der Waals surface area (Å²) in [5.41, 5.74) is 3.46. The third-order valence-electron chi connectivity index (χ3n) is 6.86. The first-order valence-electron chi connectivity index (χ1n) is 11.0. The van der Waals surface area contributed by atoms with Gasteiger partial charge in [0.15, 0.2) is 0 Å². The van der Waals surface area contributed by atoms with Gasteiger partial charge in [-0.2, -0.15) is 5.10 Å². The van der Waals surface area contributed by atoms with Gasteiger partial charge in [0.05, 0.1) is 29.7 Å². The molecule has 0 radical (unpaired) electrons. The van der Waals surface area contributed by atoms with Gasteiger partial charge >= 0.3 is 0 Å². The Morgan fingerprint density at radius 2 is 1.72 bits per heavy atom. The van der Waals surface area contributed by atoms with Crippen molar-refractivity contribution in [2.45, 2.75) is 44.2 Å². The van der Waals surface area contributed by atoms with Crippen LogP contribution in [0.5, 0.6) is 0 Å². The Kier molecular flexibility index (Phi) is 5.16. The van der Waals surface area contributed by atoms with E-state index in [2.05, 4.69) is 16.6 Å². The molecule has 2 unspecified atom stereocenters. The van der Waals surface area contributed by atoms with Gasteiger partial charge in [-0.3, -0.25) is 9.48 Å². The van der Waals surface area contributed by atoms with Crippen LogP contribution in [0, 0.1) is 18.6 Å². The summed E-state index contributed by atoms with van der Waals surface area (Å²) in [6.07, 6.45) is 4.35. The summed E-state index contributed by atoms with van der Waals surface area (Å²) in [5, 5.41) is 4.55. The van der Waals surface area contributed by atoms with Gasteiger partial charge in [-0.25, -0.2) is 8.78 Å². The number of fused-ring (bicyclic) bond motifs is 2. The minimum absolute atomic E-state index is 0.0506. The summed E-state index contributed by atoms with van der Waals surface area (Å²) in [6.45, 7) is 6.94. The van der Waals surface area contributed by atoms with E-state index in [-0.39, 0.29) is 35.1 Å². The van der Waals surface area contributed by atoms with Crippen LogP contribution in [0.15, 0.2) is 66.1 Å². The Hall–Kier alpha value is -3.28. The SMILES string of the molecule is C=C1c2c(C)c(=O)cnn2C(C(c2cccc(F)c2)c2cccc(F)c2)C2CCCCN12. The van der Waals surface area contributed by atoms with Crippen molar-refractivity contribution < 1.29 is 8.78 Å². The van der Waals surface area contributed by atoms with E-state index in [1.165, 1.54) is 30.5 Å². The van der Waals surface area contributed by atoms with Gasteiger partial charge in [0, 0.05) is 18.0 Å². The molecule has 0 spiro atoms. The Labute approximate surface area is 185 Å². The summed E-state index contributed by atoms with van der Waals surface area (Å²) < 4.78 is 30.6. The van der Waals surface area contributed by atoms with E-state index >= 15 is 0 Å². The van der Waals surface area contributed by atoms with Crippen LogP contribution in [0.4, 0.5) is 8.78 Å². The van der Waals surface area contributed by atoms with Crippen LogP contribution in [0.2, 0.25) is 0 Å². The minimum atomic E-state index is -0.353. The summed E-state index contributed by atoms with van der Waals surface area (Å²) in [5.74, 6) is -1.03. The summed E-state index contributed by atoms with van der Waals surface area (Å²) >= 11 is 0. The van der Waals surface area contributed by atoms with Crippen LogP contribution in [-0.4, -0.2) is 27.3 Å². The molecule has 164 valence electrons. The molecule has 3 aromatic rings. The predicted molar refractivity (Wildman–Crippen MR) is 120 cm³/mol. The fraction of sp³-hybridized carbons (Fsp3) is 0.308. The van der Waals surface area contributed by atoms with Gasteiger partial charge in [0.25, 0.3) is 0 Å². The molecule has 3 heterocycles. The molecule has 2 aliphatic rings. The number of piperidine rings is 1. The number of hydrogen-bond acceptors (Lipinski definition) is 3. The molecule has 0 N–H and O–H groups in total. The second-order valence-electron chi connectivity index (χ2n) is 8.71. The predicted octanol–water partition coefficient (Wildman–Crippen LogP) is 5.04. The van der Waals surface area contributed by atoms with Gasteiger partial charge in [0.2, 0.25) is 5.43 Å². The van der Waals surface area contributed by atoms with Gasteiger partial charge in [-0.05, 0) is 61.6 Å². The van der Waals surface area contributed by atoms with Crippen LogP contribution >= 0.6 is 0 Å². The smallest absolute Gasteiger partial charge is 0.203 e. The number of aromatic nitrogens is 2. The van der Waals surface area contributed by atoms with Crippen molar-refractivity contribution in [3.8, 4) is 0 Å². The second kappa shape index (κ2) is 8.01. The van der Waals surface area contributed by atoms with Crippen molar-refractivity contribution in [3.05, 3.63) is 106 Å². The van der Waals surface area contributed by atoms with Gasteiger partial charge in [0.1, 0.15) is 11.6 Å². The van der Waals surface area contributed by atoms with Crippen molar-refractivity contribution in [1.29, 1.82) is 0 Å². The minimum Gasteiger partial charge on any atom is -0.365 e. The topological polar surface area (TPSA) is 38.1 Å². The molecule has 0 saturated carbocycles. The maximum absolute atomic E-state index is 14.3. The first-order valence-corrected chi connectivity index (χ1v) is 11.0. The van der Waals surface area contributed by atoms with Gasteiger partial charge < -0.3 is 4.90 Å². The standard InChI is InChI=1S/C26H25F2N3O/c1-16-23(32)15-29-31-25(16)17(2)30-12-4-3-11-22(30)26(31)24(18-7-5-9-20(27)13-18)19-8-6-10-21(28)14-19/h5-10,13-15,22,24,26H,2-4,11-12H2,1H3. The lowest BCUT2D eigenvalue weighted by Gasteiger charge is -2.50. The molecule has 1 saturated heterocycles. The lowest BCUT2D eigenvalue weighted by atomic mass is 9.77. The molecule has 6 heteroatoms. The average Bonchev–Trinajstić information content (AvgIpc) is 2.78. The van der Waals surface area contributed by atoms with E-state index in [1.54, 1.807) is 19.1 Å². The van der Waals surface area contributed by atoms with Crippen molar-refractivity contribution >= 4 is 5.70 Å². The first kappa shape index (κ1) is 20.6. The highest BCUT2D eigenvalue weighted by atomic mass is 19.1. The highest BCUT2D eigenvalue weighted by Gasteiger charge is 2.44. The highest BCUT2D eigenvalue weighted by Crippen LogP contribution is 2.47. The van der Waals surface area contributed by atoms with E-state index in [0.717, 1.165) is 42.6 Å². The van der Waals surface area contributed by atoms with Gasteiger partial charge in [-0.15, -0.1) is 0 Å². The van der Waals surface area contributed by atoms with Gasteiger partial charge in [-0.1, -0.05) is 30.8 Å². The van der Waals surface area contributed by atoms with E-state index in [9.17, 15) is 13.6 Å². The van der Waals surface area contributed by atoms with E-state index in [1.807, 2.05) is 16.8 Å². The number of halogens is 2. The first-order chi connectivity index (χ1) is 15.5. The zero-order valence-corrected chi connectivity index (χ0v) is 18.0. The molecular weight excluding hydrogens is 408 g/mol. The lowest BCUT2D eigenvalue weighted by molar-refractivity contribution is 0.126. The molecule has 1 aromatic heterocycles. The molecule has 0 bridgehead atoms. The van der Waals surface area contributed by atoms with Crippen LogP contribution in [0.1, 0.15) is 53.6 Å². The molecule has 2 aromatic carbocycles. The maximum atomic E-state index is 14.3. The Morgan fingerprint density at radius 3 is 2.34 bits per heavy atom. The third kappa shape index (κ3) is 3.34. The molecule has 32 heavy (non-hydrogen) atoms. The summed E-state index contributed by atoms with van der Waals surface area (Å²) in [4.78, 5) is 14.7. The quantitative estimate of drug-likeness (QED) is 0.581. The fourth-order valence-corrected chi connectivity index (χ4v) is 5.43. The Balaban J connectivity index is 1.79. The van der Waals surface area contributed by atoms with E-state index in [4.69, 9.17) is 0 Å². The number of rotatable bonds is 3. The molecule has 5 rings (SSSR count). The molecule has 0 aliphatic carbocycles. The zero-order chi connectivity index (χ0) is 22.4. The third-order valence-corrected chi connectivity index (χ3v) is 6.86. The van der Waals surface area contributed by atoms with Crippen LogP contribution in [0.25, 0.3) is 5.70 Å². The van der Waals surface area contributed by atoms with Crippen molar-refractivity contribution in [3.63, 3.8) is 0 Å². The Morgan fingerprint density at radius 1 is 1.06 bits per heavy atom. The second-order valence-corrected chi connectivity index (χ2v) is 8.71. The molecule has 2 aliphatic heterocycles. The van der Waals surface area contributed by atoms with Crippen molar-refractivity contribution in [1.82, 2.24) is 14.7 Å². The monoisotopic (exact) mass is 433 g/mol.